The quantitative estimate of drug-likeness (QED) is 0.567. The van der Waals surface area contributed by atoms with Gasteiger partial charge in [-0.2, -0.15) is 31.6 Å². The molecule has 1 aromatic rings. The summed E-state index contributed by atoms with van der Waals surface area (Å²) >= 11 is 0. The molecule has 0 saturated carbocycles. The van der Waals surface area contributed by atoms with E-state index in [1.54, 1.807) is 0 Å². The van der Waals surface area contributed by atoms with E-state index in [1.807, 2.05) is 0 Å². The van der Waals surface area contributed by atoms with Crippen molar-refractivity contribution in [3.63, 3.8) is 0 Å². The fourth-order valence-electron chi connectivity index (χ4n) is 1.76. The average Bonchev–Trinajstić information content (AvgIpc) is 2.42. The van der Waals surface area contributed by atoms with Crippen LogP contribution >= 0.6 is 0 Å². The fraction of sp³-hybridized carbons (Fsp3) is 0.417. The molecule has 6 nitrogen and oxygen atoms in total. The number of rotatable bonds is 4. The predicted octanol–water partition coefficient (Wildman–Crippen LogP) is 2.45. The summed E-state index contributed by atoms with van der Waals surface area (Å²) < 4.78 is 81.5. The Morgan fingerprint density at radius 3 is 1.96 bits per heavy atom. The minimum absolute atomic E-state index is 0.212. The first-order valence-electron chi connectivity index (χ1n) is 6.31. The summed E-state index contributed by atoms with van der Waals surface area (Å²) in [5.41, 5.74) is -4.67. The van der Waals surface area contributed by atoms with Gasteiger partial charge in [0.25, 0.3) is 0 Å². The number of amides is 1. The molecule has 136 valence electrons. The Kier molecular flexibility index (Phi) is 5.69. The molecule has 0 aromatic heterocycles. The van der Waals surface area contributed by atoms with Crippen LogP contribution < -0.4 is 15.3 Å². The van der Waals surface area contributed by atoms with Gasteiger partial charge in [0.05, 0.1) is 0 Å². The number of carbonyl (C=O) groups excluding carboxylic acids is 1. The molecule has 1 amide bonds. The summed E-state index contributed by atoms with van der Waals surface area (Å²) in [6.07, 6.45) is -15.1. The Labute approximate surface area is 131 Å². The van der Waals surface area contributed by atoms with Crippen LogP contribution in [-0.2, 0) is 0 Å². The van der Waals surface area contributed by atoms with Crippen molar-refractivity contribution in [2.45, 2.75) is 31.2 Å². The van der Waals surface area contributed by atoms with Gasteiger partial charge in [-0.05, 0) is 18.6 Å². The van der Waals surface area contributed by atoms with E-state index in [2.05, 4.69) is 4.74 Å². The summed E-state index contributed by atoms with van der Waals surface area (Å²) in [6.45, 7) is 0.614. The molecule has 0 fully saturated rings. The number of alkyl halides is 6. The Hall–Kier alpha value is -2.05. The summed E-state index contributed by atoms with van der Waals surface area (Å²) in [6, 6.07) is 3.76. The van der Waals surface area contributed by atoms with Crippen LogP contribution in [0, 0.1) is 5.21 Å². The normalized spacial score (nSPS) is 14.2. The minimum Gasteiger partial charge on any atom is -0.595 e. The molecule has 0 saturated heterocycles. The maximum Gasteiger partial charge on any atom is 0.420 e. The van der Waals surface area contributed by atoms with Crippen LogP contribution in [0.25, 0.3) is 0 Å². The number of nitrogens with one attached hydrogen (secondary N) is 2. The lowest BCUT2D eigenvalue weighted by Gasteiger charge is -2.36. The van der Waals surface area contributed by atoms with Crippen LogP contribution in [0.5, 0.6) is 5.75 Å². The van der Waals surface area contributed by atoms with Crippen LogP contribution in [0.15, 0.2) is 24.3 Å². The molecule has 0 bridgehead atoms. The average molecular weight is 362 g/mol. The zero-order valence-corrected chi connectivity index (χ0v) is 12.0. The highest BCUT2D eigenvalue weighted by molar-refractivity contribution is 5.71. The van der Waals surface area contributed by atoms with Gasteiger partial charge in [0, 0.05) is 12.1 Å². The second-order valence-corrected chi connectivity index (χ2v) is 4.60. The van der Waals surface area contributed by atoms with Crippen molar-refractivity contribution in [2.75, 3.05) is 0 Å². The van der Waals surface area contributed by atoms with Crippen molar-refractivity contribution in [2.24, 2.45) is 0 Å². The molecule has 1 atom stereocenters. The second-order valence-electron chi connectivity index (χ2n) is 4.60. The molecule has 12 heteroatoms. The monoisotopic (exact) mass is 362 g/mol. The summed E-state index contributed by atoms with van der Waals surface area (Å²) in [4.78, 5) is 11.4. The maximum absolute atomic E-state index is 12.9. The van der Waals surface area contributed by atoms with Gasteiger partial charge in [0.15, 0.2) is 5.69 Å². The van der Waals surface area contributed by atoms with Crippen LogP contribution in [0.1, 0.15) is 13.3 Å². The Balaban J connectivity index is 2.97. The highest BCUT2D eigenvalue weighted by Gasteiger charge is 2.70. The van der Waals surface area contributed by atoms with E-state index < -0.39 is 41.4 Å². The predicted molar refractivity (Wildman–Crippen MR) is 66.5 cm³/mol. The van der Waals surface area contributed by atoms with Gasteiger partial charge >= 0.3 is 18.4 Å². The van der Waals surface area contributed by atoms with E-state index >= 15 is 0 Å². The standard InChI is InChI=1S/C12H12F6N2O4/c1-2-10(11(13,14)15,12(16,17)18)19-9(21)24-8-5-3-7(4-6-8)20(22)23/h3-6,20,22H,2H2,1H3,(H,19,21). The van der Waals surface area contributed by atoms with Gasteiger partial charge in [0.2, 0.25) is 5.54 Å². The van der Waals surface area contributed by atoms with Crippen molar-refractivity contribution in [1.29, 1.82) is 0 Å². The van der Waals surface area contributed by atoms with Crippen molar-refractivity contribution < 1.29 is 46.3 Å². The Morgan fingerprint density at radius 2 is 1.62 bits per heavy atom. The third-order valence-corrected chi connectivity index (χ3v) is 3.13. The first-order chi connectivity index (χ1) is 10.8. The maximum atomic E-state index is 12.9. The fourth-order valence-corrected chi connectivity index (χ4v) is 1.76. The number of hydrogen-bond donors (Lipinski definition) is 3. The molecular weight excluding hydrogens is 350 g/mol. The van der Waals surface area contributed by atoms with Crippen molar-refractivity contribution in [3.05, 3.63) is 29.5 Å². The van der Waals surface area contributed by atoms with Gasteiger partial charge in [-0.15, -0.1) is 0 Å². The first kappa shape index (κ1) is 20.0. The molecule has 1 aromatic carbocycles. The van der Waals surface area contributed by atoms with Gasteiger partial charge in [-0.25, -0.2) is 10.0 Å². The van der Waals surface area contributed by atoms with Crippen LogP contribution in [0.2, 0.25) is 0 Å². The molecule has 1 unspecified atom stereocenters. The van der Waals surface area contributed by atoms with Crippen molar-refractivity contribution in [1.82, 2.24) is 5.32 Å². The molecule has 0 aliphatic carbocycles. The number of quaternary nitrogens is 1. The number of ether oxygens (including phenoxy) is 1. The molecule has 0 aliphatic heterocycles. The third-order valence-electron chi connectivity index (χ3n) is 3.13. The van der Waals surface area contributed by atoms with E-state index in [9.17, 15) is 36.3 Å². The summed E-state index contributed by atoms with van der Waals surface area (Å²) in [7, 11) is 0. The first-order valence-corrected chi connectivity index (χ1v) is 6.31. The lowest BCUT2D eigenvalue weighted by molar-refractivity contribution is -0.991. The van der Waals surface area contributed by atoms with Crippen molar-refractivity contribution >= 4 is 11.8 Å². The molecule has 0 heterocycles. The third kappa shape index (κ3) is 4.07. The Bertz CT molecular complexity index is 556. The molecular formula is C12H12F6N2O4. The number of carbonyl (C=O) groups is 1. The zero-order valence-electron chi connectivity index (χ0n) is 12.0. The summed E-state index contributed by atoms with van der Waals surface area (Å²) in [5, 5.41) is 18.8. The van der Waals surface area contributed by atoms with Gasteiger partial charge in [-0.1, -0.05) is 6.92 Å². The topological polar surface area (TPSA) is 86.1 Å². The molecule has 24 heavy (non-hydrogen) atoms. The van der Waals surface area contributed by atoms with Crippen LogP contribution in [0.4, 0.5) is 36.8 Å². The molecule has 3 N–H and O–H groups in total. The smallest absolute Gasteiger partial charge is 0.420 e. The largest absolute Gasteiger partial charge is 0.595 e. The highest BCUT2D eigenvalue weighted by Crippen LogP contribution is 2.45. The highest BCUT2D eigenvalue weighted by atomic mass is 19.4. The molecule has 0 aliphatic rings. The van der Waals surface area contributed by atoms with E-state index in [4.69, 9.17) is 5.21 Å². The Morgan fingerprint density at radius 1 is 1.17 bits per heavy atom. The molecule has 1 rings (SSSR count). The van der Waals surface area contributed by atoms with Crippen LogP contribution in [0.3, 0.4) is 0 Å². The van der Waals surface area contributed by atoms with Gasteiger partial charge in [-0.3, -0.25) is 5.32 Å². The van der Waals surface area contributed by atoms with E-state index in [0.29, 0.717) is 6.92 Å². The van der Waals surface area contributed by atoms with Crippen molar-refractivity contribution in [3.8, 4) is 5.75 Å². The number of hydrogen-bond acceptors (Lipinski definition) is 4. The SMILES string of the molecule is CCC(NC(=O)Oc1ccc([NH+]([O-])O)cc1)(C(F)(F)F)C(F)(F)F. The lowest BCUT2D eigenvalue weighted by Crippen LogP contribution is -2.99. The second kappa shape index (κ2) is 6.83. The van der Waals surface area contributed by atoms with E-state index in [0.717, 1.165) is 29.6 Å². The number of benzene rings is 1. The van der Waals surface area contributed by atoms with Crippen LogP contribution in [-0.4, -0.2) is 29.2 Å². The number of halogens is 6. The molecule has 0 spiro atoms. The zero-order chi connectivity index (χ0) is 18.8. The van der Waals surface area contributed by atoms with E-state index in [-0.39, 0.29) is 5.69 Å². The van der Waals surface area contributed by atoms with Gasteiger partial charge in [0.1, 0.15) is 5.75 Å². The van der Waals surface area contributed by atoms with Gasteiger partial charge < -0.3 is 9.94 Å². The summed E-state index contributed by atoms with van der Waals surface area (Å²) in [5.74, 6) is -0.424. The molecule has 0 radical (unpaired) electrons. The lowest BCUT2D eigenvalue weighted by atomic mass is 9.94. The minimum atomic E-state index is -5.80. The van der Waals surface area contributed by atoms with E-state index in [1.165, 1.54) is 0 Å².